The molecular weight excluding hydrogens is 408 g/mol. The molecule has 0 saturated heterocycles. The largest absolute Gasteiger partial charge is 0.356 e. The summed E-state index contributed by atoms with van der Waals surface area (Å²) in [4.78, 5) is 9.53. The van der Waals surface area contributed by atoms with Crippen LogP contribution in [0.2, 0.25) is 0 Å². The molecule has 3 aromatic carbocycles. The summed E-state index contributed by atoms with van der Waals surface area (Å²) in [5.74, 6) is 0.737. The van der Waals surface area contributed by atoms with Crippen molar-refractivity contribution < 1.29 is 4.52 Å². The van der Waals surface area contributed by atoms with Gasteiger partial charge in [-0.05, 0) is 54.3 Å². The number of hydrogen-bond donors (Lipinski definition) is 0. The zero-order chi connectivity index (χ0) is 22.4. The normalized spacial score (nSPS) is 11.5. The fraction of sp³-hybridized carbons (Fsp3) is 0.107. The molecule has 6 rings (SSSR count). The molecule has 0 saturated carbocycles. The number of rotatable bonds is 4. The third-order valence-corrected chi connectivity index (χ3v) is 6.19. The lowest BCUT2D eigenvalue weighted by molar-refractivity contribution is 0.443. The van der Waals surface area contributed by atoms with Gasteiger partial charge in [0, 0.05) is 23.3 Å². The molecule has 0 atom stereocenters. The second-order valence-corrected chi connectivity index (χ2v) is 8.44. The van der Waals surface area contributed by atoms with E-state index in [9.17, 15) is 0 Å². The molecule has 0 spiro atoms. The molecule has 33 heavy (non-hydrogen) atoms. The van der Waals surface area contributed by atoms with E-state index in [1.54, 1.807) is 0 Å². The molecule has 2 aliphatic rings. The van der Waals surface area contributed by atoms with Gasteiger partial charge in [-0.1, -0.05) is 59.8 Å². The van der Waals surface area contributed by atoms with E-state index in [2.05, 4.69) is 66.0 Å². The minimum atomic E-state index is 0.611. The third-order valence-electron chi connectivity index (χ3n) is 6.19. The number of aryl methyl sites for hydroxylation is 2. The van der Waals surface area contributed by atoms with Crippen LogP contribution in [0, 0.1) is 13.8 Å². The quantitative estimate of drug-likeness (QED) is 0.319. The van der Waals surface area contributed by atoms with Crippen LogP contribution in [0.5, 0.6) is 0 Å². The minimum absolute atomic E-state index is 0.611. The fourth-order valence-corrected chi connectivity index (χ4v) is 4.14. The Morgan fingerprint density at radius 1 is 0.758 bits per heavy atom. The summed E-state index contributed by atoms with van der Waals surface area (Å²) < 4.78 is 7.50. The van der Waals surface area contributed by atoms with E-state index in [0.717, 1.165) is 39.4 Å². The number of benzene rings is 3. The van der Waals surface area contributed by atoms with E-state index in [1.165, 1.54) is 22.3 Å². The van der Waals surface area contributed by atoms with Crippen LogP contribution in [0.1, 0.15) is 16.8 Å². The van der Waals surface area contributed by atoms with Crippen LogP contribution >= 0.6 is 0 Å². The van der Waals surface area contributed by atoms with Crippen molar-refractivity contribution in [2.75, 3.05) is 0 Å². The Morgan fingerprint density at radius 3 is 2.36 bits per heavy atom. The predicted molar refractivity (Wildman–Crippen MR) is 130 cm³/mol. The number of para-hydroxylation sites is 1. The van der Waals surface area contributed by atoms with Gasteiger partial charge >= 0.3 is 0 Å². The van der Waals surface area contributed by atoms with Crippen molar-refractivity contribution in [3.63, 3.8) is 0 Å². The van der Waals surface area contributed by atoms with Crippen molar-refractivity contribution in [2.45, 2.75) is 20.4 Å². The fourth-order valence-electron chi connectivity index (χ4n) is 4.14. The van der Waals surface area contributed by atoms with Gasteiger partial charge in [-0.2, -0.15) is 0 Å². The number of nitrogens with zero attached hydrogens (tertiary/aromatic N) is 4. The number of imidazole rings is 1. The van der Waals surface area contributed by atoms with Gasteiger partial charge in [-0.15, -0.1) is 0 Å². The molecule has 160 valence electrons. The first-order chi connectivity index (χ1) is 16.1. The van der Waals surface area contributed by atoms with E-state index in [0.29, 0.717) is 6.54 Å². The SMILES string of the molecule is Cc1ccc(-c2ccc(-c3nc4ccn(Cc5noc6ccccc56)cc-4n3)cc2)cc1C. The lowest BCUT2D eigenvalue weighted by Crippen LogP contribution is -2.01. The Bertz CT molecular complexity index is 1560. The van der Waals surface area contributed by atoms with Crippen LogP contribution in [-0.4, -0.2) is 19.7 Å². The van der Waals surface area contributed by atoms with Gasteiger partial charge < -0.3 is 9.09 Å². The second kappa shape index (κ2) is 7.71. The number of fused-ring (bicyclic) bond motifs is 2. The lowest BCUT2D eigenvalue weighted by atomic mass is 9.99. The lowest BCUT2D eigenvalue weighted by Gasteiger charge is -2.06. The predicted octanol–water partition coefficient (Wildman–Crippen LogP) is 6.52. The van der Waals surface area contributed by atoms with Crippen molar-refractivity contribution in [3.8, 4) is 33.9 Å². The van der Waals surface area contributed by atoms with E-state index < -0.39 is 0 Å². The zero-order valence-electron chi connectivity index (χ0n) is 18.5. The summed E-state index contributed by atoms with van der Waals surface area (Å²) >= 11 is 0. The first kappa shape index (κ1) is 19.4. The molecule has 1 aromatic heterocycles. The molecule has 0 fully saturated rings. The second-order valence-electron chi connectivity index (χ2n) is 8.44. The average molecular weight is 431 g/mol. The molecule has 2 aliphatic heterocycles. The van der Waals surface area contributed by atoms with Crippen LogP contribution in [0.25, 0.3) is 44.9 Å². The highest BCUT2D eigenvalue weighted by Crippen LogP contribution is 2.28. The molecule has 5 heteroatoms. The first-order valence-electron chi connectivity index (χ1n) is 11.0. The van der Waals surface area contributed by atoms with Gasteiger partial charge in [0.1, 0.15) is 11.4 Å². The Kier molecular flexibility index (Phi) is 4.54. The number of hydrogen-bond acceptors (Lipinski definition) is 4. The van der Waals surface area contributed by atoms with Crippen molar-refractivity contribution in [1.82, 2.24) is 19.7 Å². The van der Waals surface area contributed by atoms with E-state index in [1.807, 2.05) is 42.7 Å². The van der Waals surface area contributed by atoms with Gasteiger partial charge in [0.15, 0.2) is 11.4 Å². The number of aromatic nitrogens is 4. The van der Waals surface area contributed by atoms with Crippen LogP contribution in [0.4, 0.5) is 0 Å². The summed E-state index contributed by atoms with van der Waals surface area (Å²) in [6, 6.07) is 24.9. The molecule has 0 unspecified atom stereocenters. The van der Waals surface area contributed by atoms with Crippen molar-refractivity contribution in [3.05, 3.63) is 102 Å². The highest BCUT2D eigenvalue weighted by molar-refractivity contribution is 5.79. The van der Waals surface area contributed by atoms with Crippen molar-refractivity contribution in [1.29, 1.82) is 0 Å². The molecule has 0 aliphatic carbocycles. The first-order valence-corrected chi connectivity index (χ1v) is 11.0. The standard InChI is InChI=1S/C28H22N4O/c1-18-7-8-22(15-19(18)2)20-9-11-21(12-10-20)28-29-24-13-14-32(17-26(24)30-28)16-25-23-5-3-4-6-27(23)33-31-25/h3-15,17H,16H2,1-2H3. The van der Waals surface area contributed by atoms with E-state index in [4.69, 9.17) is 14.5 Å². The molecule has 0 bridgehead atoms. The van der Waals surface area contributed by atoms with Crippen LogP contribution < -0.4 is 0 Å². The third kappa shape index (κ3) is 3.57. The Labute approximate surface area is 191 Å². The van der Waals surface area contributed by atoms with E-state index >= 15 is 0 Å². The maximum Gasteiger partial charge on any atom is 0.167 e. The zero-order valence-corrected chi connectivity index (χ0v) is 18.5. The molecule has 5 nitrogen and oxygen atoms in total. The summed E-state index contributed by atoms with van der Waals surface area (Å²) in [5.41, 5.74) is 9.46. The van der Waals surface area contributed by atoms with Crippen molar-refractivity contribution in [2.24, 2.45) is 0 Å². The van der Waals surface area contributed by atoms with Gasteiger partial charge in [0.25, 0.3) is 0 Å². The molecule has 0 amide bonds. The average Bonchev–Trinajstić information content (AvgIpc) is 3.45. The number of pyridine rings is 1. The monoisotopic (exact) mass is 430 g/mol. The molecule has 4 aromatic rings. The highest BCUT2D eigenvalue weighted by atomic mass is 16.5. The topological polar surface area (TPSA) is 56.7 Å². The van der Waals surface area contributed by atoms with Gasteiger partial charge in [0.05, 0.1) is 12.2 Å². The van der Waals surface area contributed by atoms with Gasteiger partial charge in [-0.3, -0.25) is 0 Å². The molecular formula is C28H22N4O. The maximum atomic E-state index is 5.43. The van der Waals surface area contributed by atoms with Gasteiger partial charge in [-0.25, -0.2) is 9.97 Å². The van der Waals surface area contributed by atoms with Crippen LogP contribution in [0.3, 0.4) is 0 Å². The van der Waals surface area contributed by atoms with Gasteiger partial charge in [0.2, 0.25) is 0 Å². The summed E-state index contributed by atoms with van der Waals surface area (Å²) in [7, 11) is 0. The Balaban J connectivity index is 1.28. The van der Waals surface area contributed by atoms with Crippen LogP contribution in [-0.2, 0) is 6.54 Å². The van der Waals surface area contributed by atoms with E-state index in [-0.39, 0.29) is 0 Å². The van der Waals surface area contributed by atoms with Crippen LogP contribution in [0.15, 0.2) is 89.7 Å². The molecule has 3 heterocycles. The Hall–Kier alpha value is -4.25. The Morgan fingerprint density at radius 2 is 1.52 bits per heavy atom. The smallest absolute Gasteiger partial charge is 0.167 e. The highest BCUT2D eigenvalue weighted by Gasteiger charge is 2.14. The molecule has 0 radical (unpaired) electrons. The maximum absolute atomic E-state index is 5.43. The summed E-state index contributed by atoms with van der Waals surface area (Å²) in [6.07, 6.45) is 4.02. The van der Waals surface area contributed by atoms with Crippen molar-refractivity contribution >= 4 is 11.0 Å². The minimum Gasteiger partial charge on any atom is -0.356 e. The molecule has 0 N–H and O–H groups in total. The summed E-state index contributed by atoms with van der Waals surface area (Å²) in [5, 5.41) is 5.27. The summed E-state index contributed by atoms with van der Waals surface area (Å²) in [6.45, 7) is 4.89.